The standard InChI is InChI=1S/C26H37FN6O2/c1-2-15-10-24(34)20(27)11-19(15)16-3-4-18-22(9-16)31-32-25(18)26-29-21-5-7-33(13-23(21)30-26)12-17-14-35-8-6-28-17/h10-11,16-18,22,25,28,31-32,34H,2-9,12-14H2,1H3,(H,29,30)/t16?,17-,18?,22?,25?/m0/s1. The Hall–Kier alpha value is -2.04. The van der Waals surface area contributed by atoms with Gasteiger partial charge in [0.05, 0.1) is 30.6 Å². The first kappa shape index (κ1) is 23.4. The SMILES string of the molecule is CCc1cc(O)c(F)cc1C1CCC2C(C1)NNC2c1nc2c([nH]1)CN(C[C@H]1COCCN1)CC2. The molecule has 8 nitrogen and oxygen atoms in total. The second kappa shape index (κ2) is 9.78. The number of hydrogen-bond acceptors (Lipinski definition) is 7. The molecule has 0 radical (unpaired) electrons. The van der Waals surface area contributed by atoms with Crippen molar-refractivity contribution in [2.24, 2.45) is 5.92 Å². The fraction of sp³-hybridized carbons (Fsp3) is 0.654. The van der Waals surface area contributed by atoms with Crippen LogP contribution in [-0.4, -0.2) is 64.9 Å². The number of phenolic OH excluding ortho intramolecular Hbond substituents is 1. The average Bonchev–Trinajstić information content (AvgIpc) is 3.49. The van der Waals surface area contributed by atoms with E-state index in [2.05, 4.69) is 33.0 Å². The van der Waals surface area contributed by atoms with Crippen LogP contribution in [0.2, 0.25) is 0 Å². The van der Waals surface area contributed by atoms with Crippen molar-refractivity contribution in [2.75, 3.05) is 32.8 Å². The number of aromatic amines is 1. The highest BCUT2D eigenvalue weighted by Crippen LogP contribution is 2.44. The minimum atomic E-state index is -0.517. The van der Waals surface area contributed by atoms with Crippen molar-refractivity contribution >= 4 is 0 Å². The van der Waals surface area contributed by atoms with Gasteiger partial charge in [-0.1, -0.05) is 6.92 Å². The van der Waals surface area contributed by atoms with Crippen LogP contribution in [0.4, 0.5) is 4.39 Å². The van der Waals surface area contributed by atoms with Crippen LogP contribution in [0.3, 0.4) is 0 Å². The van der Waals surface area contributed by atoms with Crippen LogP contribution in [0.15, 0.2) is 12.1 Å². The number of H-pyrrole nitrogens is 1. The van der Waals surface area contributed by atoms with Crippen molar-refractivity contribution < 1.29 is 14.2 Å². The van der Waals surface area contributed by atoms with Crippen LogP contribution >= 0.6 is 0 Å². The van der Waals surface area contributed by atoms with Gasteiger partial charge in [-0.3, -0.25) is 10.3 Å². The summed E-state index contributed by atoms with van der Waals surface area (Å²) in [6.07, 6.45) is 4.79. The Balaban J connectivity index is 1.12. The third-order valence-electron chi connectivity index (χ3n) is 8.49. The molecule has 9 heteroatoms. The van der Waals surface area contributed by atoms with E-state index in [-0.39, 0.29) is 11.8 Å². The minimum Gasteiger partial charge on any atom is -0.505 e. The van der Waals surface area contributed by atoms with Crippen LogP contribution < -0.4 is 16.2 Å². The molecule has 0 spiro atoms. The Kier molecular flexibility index (Phi) is 6.53. The van der Waals surface area contributed by atoms with E-state index in [0.29, 0.717) is 23.9 Å². The first-order chi connectivity index (χ1) is 17.1. The lowest BCUT2D eigenvalue weighted by atomic mass is 9.73. The lowest BCUT2D eigenvalue weighted by molar-refractivity contribution is 0.0595. The summed E-state index contributed by atoms with van der Waals surface area (Å²) in [7, 11) is 0. The summed E-state index contributed by atoms with van der Waals surface area (Å²) in [5.74, 6) is 1.02. The molecule has 1 aromatic heterocycles. The molecule has 6 rings (SSSR count). The Morgan fingerprint density at radius 2 is 2.17 bits per heavy atom. The van der Waals surface area contributed by atoms with Gasteiger partial charge in [0.1, 0.15) is 5.82 Å². The van der Waals surface area contributed by atoms with Gasteiger partial charge in [0.2, 0.25) is 0 Å². The first-order valence-electron chi connectivity index (χ1n) is 13.2. The number of fused-ring (bicyclic) bond motifs is 2. The molecular formula is C26H37FN6O2. The highest BCUT2D eigenvalue weighted by molar-refractivity contribution is 5.39. The molecule has 1 aromatic carbocycles. The predicted octanol–water partition coefficient (Wildman–Crippen LogP) is 2.26. The number of imidazole rings is 1. The molecule has 3 aliphatic heterocycles. The monoisotopic (exact) mass is 484 g/mol. The number of phenols is 1. The first-order valence-corrected chi connectivity index (χ1v) is 13.2. The average molecular weight is 485 g/mol. The summed E-state index contributed by atoms with van der Waals surface area (Å²) in [4.78, 5) is 11.2. The molecule has 2 aromatic rings. The zero-order valence-electron chi connectivity index (χ0n) is 20.4. The van der Waals surface area contributed by atoms with E-state index in [1.165, 1.54) is 11.4 Å². The Morgan fingerprint density at radius 1 is 1.26 bits per heavy atom. The van der Waals surface area contributed by atoms with E-state index in [9.17, 15) is 9.50 Å². The predicted molar refractivity (Wildman–Crippen MR) is 131 cm³/mol. The van der Waals surface area contributed by atoms with Gasteiger partial charge in [-0.25, -0.2) is 14.8 Å². The van der Waals surface area contributed by atoms with Gasteiger partial charge < -0.3 is 20.1 Å². The second-order valence-corrected chi connectivity index (χ2v) is 10.7. The molecule has 1 saturated carbocycles. The van der Waals surface area contributed by atoms with E-state index in [0.717, 1.165) is 88.4 Å². The number of nitrogens with one attached hydrogen (secondary N) is 4. The normalized spacial score (nSPS) is 31.3. The van der Waals surface area contributed by atoms with Gasteiger partial charge in [-0.15, -0.1) is 0 Å². The molecule has 4 aliphatic rings. The number of halogens is 1. The largest absolute Gasteiger partial charge is 0.505 e. The van der Waals surface area contributed by atoms with Gasteiger partial charge in [0.25, 0.3) is 0 Å². The summed E-state index contributed by atoms with van der Waals surface area (Å²) >= 11 is 0. The summed E-state index contributed by atoms with van der Waals surface area (Å²) in [6, 6.07) is 4.04. The molecule has 35 heavy (non-hydrogen) atoms. The Labute approximate surface area is 206 Å². The number of nitrogens with zero attached hydrogens (tertiary/aromatic N) is 2. The van der Waals surface area contributed by atoms with Crippen LogP contribution in [0.1, 0.15) is 66.5 Å². The molecular weight excluding hydrogens is 447 g/mol. The van der Waals surface area contributed by atoms with Crippen molar-refractivity contribution in [1.82, 2.24) is 31.0 Å². The highest BCUT2D eigenvalue weighted by Gasteiger charge is 2.43. The molecule has 4 unspecified atom stereocenters. The second-order valence-electron chi connectivity index (χ2n) is 10.7. The van der Waals surface area contributed by atoms with Gasteiger partial charge in [0.15, 0.2) is 11.6 Å². The van der Waals surface area contributed by atoms with Crippen molar-refractivity contribution in [3.05, 3.63) is 46.3 Å². The highest BCUT2D eigenvalue weighted by atomic mass is 19.1. The van der Waals surface area contributed by atoms with Gasteiger partial charge >= 0.3 is 0 Å². The van der Waals surface area contributed by atoms with E-state index >= 15 is 0 Å². The number of hydrogen-bond donors (Lipinski definition) is 5. The van der Waals surface area contributed by atoms with E-state index in [1.54, 1.807) is 12.1 Å². The van der Waals surface area contributed by atoms with Crippen molar-refractivity contribution in [1.29, 1.82) is 0 Å². The summed E-state index contributed by atoms with van der Waals surface area (Å²) in [5, 5.41) is 13.4. The van der Waals surface area contributed by atoms with E-state index < -0.39 is 5.82 Å². The topological polar surface area (TPSA) is 97.5 Å². The smallest absolute Gasteiger partial charge is 0.165 e. The number of benzene rings is 1. The third-order valence-corrected chi connectivity index (χ3v) is 8.49. The lowest BCUT2D eigenvalue weighted by Gasteiger charge is -2.33. The molecule has 0 amide bonds. The van der Waals surface area contributed by atoms with Crippen LogP contribution in [0.25, 0.3) is 0 Å². The van der Waals surface area contributed by atoms with E-state index in [4.69, 9.17) is 9.72 Å². The number of morpholine rings is 1. The van der Waals surface area contributed by atoms with E-state index in [1.807, 2.05) is 0 Å². The maximum absolute atomic E-state index is 14.2. The third kappa shape index (κ3) is 4.60. The van der Waals surface area contributed by atoms with Gasteiger partial charge in [-0.2, -0.15) is 0 Å². The minimum absolute atomic E-state index is 0.163. The summed E-state index contributed by atoms with van der Waals surface area (Å²) < 4.78 is 19.8. The number of aromatic nitrogens is 2. The van der Waals surface area contributed by atoms with Crippen molar-refractivity contribution in [3.8, 4) is 5.75 Å². The number of rotatable bonds is 5. The zero-order chi connectivity index (χ0) is 23.9. The fourth-order valence-electron chi connectivity index (χ4n) is 6.65. The summed E-state index contributed by atoms with van der Waals surface area (Å²) in [5.41, 5.74) is 11.6. The molecule has 5 N–H and O–H groups in total. The van der Waals surface area contributed by atoms with Crippen molar-refractivity contribution in [2.45, 2.75) is 69.6 Å². The summed E-state index contributed by atoms with van der Waals surface area (Å²) in [6.45, 7) is 7.53. The Bertz CT molecular complexity index is 1050. The molecule has 190 valence electrons. The molecule has 1 aliphatic carbocycles. The molecule has 0 bridgehead atoms. The van der Waals surface area contributed by atoms with Crippen molar-refractivity contribution in [3.63, 3.8) is 0 Å². The zero-order valence-corrected chi connectivity index (χ0v) is 20.4. The molecule has 5 atom stereocenters. The maximum Gasteiger partial charge on any atom is 0.165 e. The van der Waals surface area contributed by atoms with Gasteiger partial charge in [-0.05, 0) is 60.8 Å². The quantitative estimate of drug-likeness (QED) is 0.444. The van der Waals surface area contributed by atoms with Crippen LogP contribution in [-0.2, 0) is 24.1 Å². The number of aromatic hydroxyl groups is 1. The Morgan fingerprint density at radius 3 is 3.00 bits per heavy atom. The molecule has 4 heterocycles. The fourth-order valence-corrected chi connectivity index (χ4v) is 6.65. The van der Waals surface area contributed by atoms with Crippen LogP contribution in [0, 0.1) is 11.7 Å². The number of ether oxygens (including phenoxy) is 1. The molecule has 3 fully saturated rings. The lowest BCUT2D eigenvalue weighted by Crippen LogP contribution is -2.49. The number of hydrazine groups is 1. The number of aryl methyl sites for hydroxylation is 1. The maximum atomic E-state index is 14.2. The molecule has 2 saturated heterocycles. The van der Waals surface area contributed by atoms with Gasteiger partial charge in [0, 0.05) is 44.7 Å². The van der Waals surface area contributed by atoms with Crippen LogP contribution in [0.5, 0.6) is 5.75 Å².